The number of aliphatic hydroxyl groups excluding tert-OH is 1. The Morgan fingerprint density at radius 1 is 1.12 bits per heavy atom. The highest BCUT2D eigenvalue weighted by Crippen LogP contribution is 2.26. The zero-order valence-electron chi connectivity index (χ0n) is 15.6. The first-order valence-electron chi connectivity index (χ1n) is 8.96. The van der Waals surface area contributed by atoms with Crippen molar-refractivity contribution in [3.05, 3.63) is 54.1 Å². The Morgan fingerprint density at radius 3 is 2.42 bits per heavy atom. The van der Waals surface area contributed by atoms with Gasteiger partial charge in [0.1, 0.15) is 0 Å². The van der Waals surface area contributed by atoms with Crippen LogP contribution in [-0.4, -0.2) is 61.9 Å². The highest BCUT2D eigenvalue weighted by Gasteiger charge is 2.34. The third-order valence-electron chi connectivity index (χ3n) is 4.83. The molecule has 0 bridgehead atoms. The van der Waals surface area contributed by atoms with E-state index >= 15 is 0 Å². The van der Waals surface area contributed by atoms with Gasteiger partial charge in [-0.15, -0.1) is 0 Å². The van der Waals surface area contributed by atoms with Crippen molar-refractivity contribution in [2.75, 3.05) is 38.8 Å². The van der Waals surface area contributed by atoms with Gasteiger partial charge < -0.3 is 19.6 Å². The average molecular weight is 354 g/mol. The maximum Gasteiger partial charge on any atom is 0.254 e. The second kappa shape index (κ2) is 7.89. The first-order chi connectivity index (χ1) is 12.5. The second-order valence-corrected chi connectivity index (χ2v) is 6.79. The van der Waals surface area contributed by atoms with Crippen molar-refractivity contribution in [2.24, 2.45) is 0 Å². The van der Waals surface area contributed by atoms with Crippen LogP contribution >= 0.6 is 0 Å². The number of hydrogen-bond donors (Lipinski definition) is 1. The number of likely N-dealkylation sites (N-methyl/N-ethyl adjacent to an activating group) is 1. The number of benzene rings is 2. The maximum absolute atomic E-state index is 13.0. The van der Waals surface area contributed by atoms with Crippen molar-refractivity contribution in [3.63, 3.8) is 0 Å². The number of carbonyl (C=O) groups is 1. The Labute approximate surface area is 154 Å². The summed E-state index contributed by atoms with van der Waals surface area (Å²) >= 11 is 0. The fourth-order valence-corrected chi connectivity index (χ4v) is 3.32. The van der Waals surface area contributed by atoms with Crippen LogP contribution in [0.5, 0.6) is 0 Å². The molecule has 1 fully saturated rings. The normalized spacial score (nSPS) is 19.4. The van der Waals surface area contributed by atoms with Crippen molar-refractivity contribution in [3.8, 4) is 11.1 Å². The highest BCUT2D eigenvalue weighted by atomic mass is 16.5. The van der Waals surface area contributed by atoms with Gasteiger partial charge in [-0.25, -0.2) is 0 Å². The minimum atomic E-state index is -0.626. The van der Waals surface area contributed by atoms with E-state index in [4.69, 9.17) is 4.74 Å². The Morgan fingerprint density at radius 2 is 1.81 bits per heavy atom. The summed E-state index contributed by atoms with van der Waals surface area (Å²) in [4.78, 5) is 16.8. The molecule has 5 nitrogen and oxygen atoms in total. The van der Waals surface area contributed by atoms with E-state index in [1.54, 1.807) is 4.90 Å². The monoisotopic (exact) mass is 354 g/mol. The van der Waals surface area contributed by atoms with Crippen LogP contribution in [0.1, 0.15) is 17.3 Å². The van der Waals surface area contributed by atoms with Gasteiger partial charge in [0.25, 0.3) is 5.91 Å². The third kappa shape index (κ3) is 3.74. The van der Waals surface area contributed by atoms with E-state index in [-0.39, 0.29) is 18.6 Å². The summed E-state index contributed by atoms with van der Waals surface area (Å²) < 4.78 is 5.32. The molecule has 138 valence electrons. The third-order valence-corrected chi connectivity index (χ3v) is 4.83. The molecule has 0 radical (unpaired) electrons. The van der Waals surface area contributed by atoms with Crippen molar-refractivity contribution in [1.82, 2.24) is 4.90 Å². The molecule has 2 aromatic carbocycles. The van der Waals surface area contributed by atoms with Crippen molar-refractivity contribution in [1.29, 1.82) is 0 Å². The molecule has 1 amide bonds. The number of anilines is 1. The average Bonchev–Trinajstić information content (AvgIpc) is 3.08. The van der Waals surface area contributed by atoms with Gasteiger partial charge in [-0.3, -0.25) is 4.79 Å². The van der Waals surface area contributed by atoms with Gasteiger partial charge >= 0.3 is 0 Å². The van der Waals surface area contributed by atoms with Gasteiger partial charge in [0.2, 0.25) is 0 Å². The number of amides is 1. The molecule has 0 spiro atoms. The zero-order valence-corrected chi connectivity index (χ0v) is 15.6. The topological polar surface area (TPSA) is 53.0 Å². The molecular formula is C21H26N2O3. The number of nitrogens with zero attached hydrogens (tertiary/aromatic N) is 2. The summed E-state index contributed by atoms with van der Waals surface area (Å²) in [5.74, 6) is -0.0762. The molecule has 0 unspecified atom stereocenters. The molecule has 0 aromatic heterocycles. The summed E-state index contributed by atoms with van der Waals surface area (Å²) in [6.07, 6.45) is -0.626. The minimum absolute atomic E-state index is 0.0762. The summed E-state index contributed by atoms with van der Waals surface area (Å²) in [6.45, 7) is 3.12. The molecular weight excluding hydrogens is 328 g/mol. The van der Waals surface area contributed by atoms with Gasteiger partial charge in [-0.2, -0.15) is 0 Å². The Balaban J connectivity index is 1.89. The van der Waals surface area contributed by atoms with Crippen LogP contribution in [0.3, 0.4) is 0 Å². The fraction of sp³-hybridized carbons (Fsp3) is 0.381. The lowest BCUT2D eigenvalue weighted by atomic mass is 10.0. The maximum atomic E-state index is 13.0. The van der Waals surface area contributed by atoms with Gasteiger partial charge in [0.15, 0.2) is 0 Å². The van der Waals surface area contributed by atoms with Crippen molar-refractivity contribution >= 4 is 11.6 Å². The summed E-state index contributed by atoms with van der Waals surface area (Å²) in [7, 11) is 4.01. The number of hydrogen-bond acceptors (Lipinski definition) is 4. The summed E-state index contributed by atoms with van der Waals surface area (Å²) in [6, 6.07) is 15.6. The van der Waals surface area contributed by atoms with E-state index in [0.717, 1.165) is 16.8 Å². The summed E-state index contributed by atoms with van der Waals surface area (Å²) in [5, 5.41) is 10.1. The van der Waals surface area contributed by atoms with Gasteiger partial charge in [0, 0.05) is 31.9 Å². The van der Waals surface area contributed by atoms with E-state index in [1.165, 1.54) is 0 Å². The molecule has 1 heterocycles. The highest BCUT2D eigenvalue weighted by molar-refractivity contribution is 5.95. The predicted molar refractivity (Wildman–Crippen MR) is 104 cm³/mol. The Hall–Kier alpha value is -2.37. The number of carbonyl (C=O) groups excluding carboxylic acids is 1. The number of aliphatic hydroxyl groups is 1. The Kier molecular flexibility index (Phi) is 5.59. The lowest BCUT2D eigenvalue weighted by Crippen LogP contribution is -2.46. The zero-order chi connectivity index (χ0) is 18.7. The molecule has 3 rings (SSSR count). The molecule has 1 aliphatic rings. The molecule has 2 atom stereocenters. The first kappa shape index (κ1) is 18.4. The first-order valence-corrected chi connectivity index (χ1v) is 8.96. The van der Waals surface area contributed by atoms with Crippen LogP contribution in [0, 0.1) is 0 Å². The fourth-order valence-electron chi connectivity index (χ4n) is 3.32. The van der Waals surface area contributed by atoms with E-state index in [1.807, 2.05) is 57.4 Å². The van der Waals surface area contributed by atoms with Gasteiger partial charge in [-0.05, 0) is 42.3 Å². The molecule has 0 saturated carbocycles. The molecule has 1 aliphatic heterocycles. The number of rotatable bonds is 5. The van der Waals surface area contributed by atoms with Crippen LogP contribution < -0.4 is 4.90 Å². The summed E-state index contributed by atoms with van der Waals surface area (Å²) in [5.41, 5.74) is 3.80. The van der Waals surface area contributed by atoms with Crippen molar-refractivity contribution in [2.45, 2.75) is 19.1 Å². The van der Waals surface area contributed by atoms with Crippen LogP contribution in [0.15, 0.2) is 48.5 Å². The standard InChI is InChI=1S/C21H26N2O3/c1-4-23(19-13-26-14-20(19)24)21(25)17-9-5-7-15(11-17)16-8-6-10-18(12-16)22(2)3/h5-12,19-20,24H,4,13-14H2,1-3H3/t19-,20-/m0/s1. The molecule has 1 saturated heterocycles. The van der Waals surface area contributed by atoms with E-state index < -0.39 is 6.10 Å². The smallest absolute Gasteiger partial charge is 0.254 e. The molecule has 0 aliphatic carbocycles. The number of ether oxygens (including phenoxy) is 1. The van der Waals surface area contributed by atoms with Crippen LogP contribution in [0.2, 0.25) is 0 Å². The molecule has 5 heteroatoms. The van der Waals surface area contributed by atoms with E-state index in [0.29, 0.717) is 18.7 Å². The SMILES string of the molecule is CCN(C(=O)c1cccc(-c2cccc(N(C)C)c2)c1)[C@H]1COC[C@@H]1O. The Bertz CT molecular complexity index is 775. The largest absolute Gasteiger partial charge is 0.388 e. The lowest BCUT2D eigenvalue weighted by Gasteiger charge is -2.29. The quantitative estimate of drug-likeness (QED) is 0.897. The van der Waals surface area contributed by atoms with Crippen molar-refractivity contribution < 1.29 is 14.6 Å². The molecule has 1 N–H and O–H groups in total. The van der Waals surface area contributed by atoms with E-state index in [9.17, 15) is 9.90 Å². The second-order valence-electron chi connectivity index (χ2n) is 6.79. The predicted octanol–water partition coefficient (Wildman–Crippen LogP) is 2.64. The van der Waals surface area contributed by atoms with Gasteiger partial charge in [-0.1, -0.05) is 24.3 Å². The van der Waals surface area contributed by atoms with Crippen LogP contribution in [0.4, 0.5) is 5.69 Å². The van der Waals surface area contributed by atoms with Crippen LogP contribution in [-0.2, 0) is 4.74 Å². The lowest BCUT2D eigenvalue weighted by molar-refractivity contribution is 0.0520. The molecule has 2 aromatic rings. The van der Waals surface area contributed by atoms with Crippen LogP contribution in [0.25, 0.3) is 11.1 Å². The molecule has 26 heavy (non-hydrogen) atoms. The van der Waals surface area contributed by atoms with Gasteiger partial charge in [0.05, 0.1) is 25.4 Å². The van der Waals surface area contributed by atoms with E-state index in [2.05, 4.69) is 17.0 Å². The minimum Gasteiger partial charge on any atom is -0.388 e.